The summed E-state index contributed by atoms with van der Waals surface area (Å²) in [5, 5.41) is 0. The van der Waals surface area contributed by atoms with E-state index in [1.54, 1.807) is 13.0 Å². The van der Waals surface area contributed by atoms with Gasteiger partial charge in [-0.2, -0.15) is 0 Å². The molecule has 1 aromatic carbocycles. The fraction of sp³-hybridized carbons (Fsp3) is 0.333. The Morgan fingerprint density at radius 3 is 2.58 bits per heavy atom. The van der Waals surface area contributed by atoms with Crippen molar-refractivity contribution in [3.63, 3.8) is 0 Å². The van der Waals surface area contributed by atoms with Crippen molar-refractivity contribution in [2.45, 2.75) is 17.9 Å². The zero-order valence-corrected chi connectivity index (χ0v) is 7.99. The van der Waals surface area contributed by atoms with Gasteiger partial charge in [0.15, 0.2) is 0 Å². The van der Waals surface area contributed by atoms with Crippen LogP contribution in [0.1, 0.15) is 18.5 Å². The Kier molecular flexibility index (Phi) is 3.12. The number of halogens is 1. The van der Waals surface area contributed by atoms with E-state index in [0.29, 0.717) is 5.56 Å². The van der Waals surface area contributed by atoms with Gasteiger partial charge in [-0.3, -0.25) is 0 Å². The molecular weight excluding hydrogens is 173 g/mol. The zero-order chi connectivity index (χ0) is 9.14. The van der Waals surface area contributed by atoms with Gasteiger partial charge in [0.25, 0.3) is 0 Å². The summed E-state index contributed by atoms with van der Waals surface area (Å²) < 4.78 is 13.2. The number of nitrogens with two attached hydrogens (primary N) is 1. The summed E-state index contributed by atoms with van der Waals surface area (Å²) in [6.45, 7) is 1.79. The summed E-state index contributed by atoms with van der Waals surface area (Å²) in [4.78, 5) is 0.921. The van der Waals surface area contributed by atoms with Crippen molar-refractivity contribution in [3.8, 4) is 0 Å². The van der Waals surface area contributed by atoms with Crippen LogP contribution in [0.2, 0.25) is 0 Å². The lowest BCUT2D eigenvalue weighted by Gasteiger charge is -2.11. The van der Waals surface area contributed by atoms with Crippen LogP contribution in [-0.4, -0.2) is 6.26 Å². The van der Waals surface area contributed by atoms with E-state index in [9.17, 15) is 4.39 Å². The smallest absolute Gasteiger partial charge is 0.129 e. The van der Waals surface area contributed by atoms with Crippen LogP contribution in [0, 0.1) is 5.82 Å². The molecule has 12 heavy (non-hydrogen) atoms. The van der Waals surface area contributed by atoms with Crippen molar-refractivity contribution in [2.75, 3.05) is 6.26 Å². The second-order valence-electron chi connectivity index (χ2n) is 2.64. The third-order valence-corrected chi connectivity index (χ3v) is 2.48. The maximum atomic E-state index is 13.2. The maximum absolute atomic E-state index is 13.2. The average Bonchev–Trinajstić information content (AvgIpc) is 2.03. The Hall–Kier alpha value is -0.540. The predicted molar refractivity (Wildman–Crippen MR) is 50.8 cm³/mol. The highest BCUT2D eigenvalue weighted by molar-refractivity contribution is 7.98. The highest BCUT2D eigenvalue weighted by Gasteiger charge is 2.10. The number of rotatable bonds is 2. The van der Waals surface area contributed by atoms with Gasteiger partial charge in [-0.1, -0.05) is 6.07 Å². The van der Waals surface area contributed by atoms with Gasteiger partial charge in [0, 0.05) is 16.5 Å². The molecule has 0 aromatic heterocycles. The zero-order valence-electron chi connectivity index (χ0n) is 7.17. The monoisotopic (exact) mass is 185 g/mol. The summed E-state index contributed by atoms with van der Waals surface area (Å²) in [7, 11) is 0. The van der Waals surface area contributed by atoms with Crippen molar-refractivity contribution in [3.05, 3.63) is 29.6 Å². The molecule has 0 aliphatic heterocycles. The van der Waals surface area contributed by atoms with Crippen LogP contribution in [0.15, 0.2) is 23.1 Å². The molecule has 1 nitrogen and oxygen atoms in total. The van der Waals surface area contributed by atoms with E-state index in [-0.39, 0.29) is 11.9 Å². The van der Waals surface area contributed by atoms with E-state index in [0.717, 1.165) is 4.90 Å². The van der Waals surface area contributed by atoms with Gasteiger partial charge in [0.05, 0.1) is 0 Å². The standard InChI is InChI=1S/C9H12FNS/c1-6(11)9-7(10)4-3-5-8(9)12-2/h3-6H,11H2,1-2H3/t6-/m1/s1. The van der Waals surface area contributed by atoms with Crippen LogP contribution in [0.5, 0.6) is 0 Å². The summed E-state index contributed by atoms with van der Waals surface area (Å²) in [6, 6.07) is 4.78. The van der Waals surface area contributed by atoms with Gasteiger partial charge >= 0.3 is 0 Å². The number of benzene rings is 1. The molecule has 0 unspecified atom stereocenters. The molecule has 0 bridgehead atoms. The fourth-order valence-corrected chi connectivity index (χ4v) is 1.86. The van der Waals surface area contributed by atoms with Gasteiger partial charge in [0.1, 0.15) is 5.82 Å². The Bertz CT molecular complexity index is 273. The molecule has 0 saturated carbocycles. The van der Waals surface area contributed by atoms with E-state index in [1.807, 2.05) is 12.3 Å². The second-order valence-corrected chi connectivity index (χ2v) is 3.49. The molecule has 0 saturated heterocycles. The van der Waals surface area contributed by atoms with Gasteiger partial charge in [-0.15, -0.1) is 11.8 Å². The molecule has 0 heterocycles. The van der Waals surface area contributed by atoms with Crippen molar-refractivity contribution in [1.29, 1.82) is 0 Å². The highest BCUT2D eigenvalue weighted by Crippen LogP contribution is 2.26. The summed E-state index contributed by atoms with van der Waals surface area (Å²) >= 11 is 1.52. The Labute approximate surface area is 76.2 Å². The van der Waals surface area contributed by atoms with Gasteiger partial charge in [-0.05, 0) is 25.3 Å². The fourth-order valence-electron chi connectivity index (χ4n) is 1.14. The van der Waals surface area contributed by atoms with E-state index in [2.05, 4.69) is 0 Å². The van der Waals surface area contributed by atoms with E-state index >= 15 is 0 Å². The van der Waals surface area contributed by atoms with Crippen LogP contribution in [0.3, 0.4) is 0 Å². The molecule has 1 atom stereocenters. The minimum atomic E-state index is -0.242. The second kappa shape index (κ2) is 3.92. The van der Waals surface area contributed by atoms with Crippen molar-refractivity contribution in [1.82, 2.24) is 0 Å². The van der Waals surface area contributed by atoms with E-state index < -0.39 is 0 Å². The average molecular weight is 185 g/mol. The Morgan fingerprint density at radius 1 is 1.50 bits per heavy atom. The quantitative estimate of drug-likeness (QED) is 0.717. The summed E-state index contributed by atoms with van der Waals surface area (Å²) in [5.41, 5.74) is 6.25. The summed E-state index contributed by atoms with van der Waals surface area (Å²) in [6.07, 6.45) is 1.92. The largest absolute Gasteiger partial charge is 0.324 e. The molecule has 2 N–H and O–H groups in total. The van der Waals surface area contributed by atoms with Crippen molar-refractivity contribution < 1.29 is 4.39 Å². The molecule has 0 radical (unpaired) electrons. The van der Waals surface area contributed by atoms with E-state index in [1.165, 1.54) is 17.8 Å². The molecule has 1 aromatic rings. The molecule has 0 spiro atoms. The first-order chi connectivity index (χ1) is 5.66. The number of thioether (sulfide) groups is 1. The van der Waals surface area contributed by atoms with Gasteiger partial charge in [0.2, 0.25) is 0 Å². The molecule has 0 aliphatic rings. The minimum absolute atomic E-state index is 0.211. The molecular formula is C9H12FNS. The van der Waals surface area contributed by atoms with E-state index in [4.69, 9.17) is 5.73 Å². The van der Waals surface area contributed by atoms with Crippen LogP contribution < -0.4 is 5.73 Å². The topological polar surface area (TPSA) is 26.0 Å². The molecule has 0 aliphatic carbocycles. The van der Waals surface area contributed by atoms with Crippen molar-refractivity contribution in [2.24, 2.45) is 5.73 Å². The van der Waals surface area contributed by atoms with Crippen molar-refractivity contribution >= 4 is 11.8 Å². The predicted octanol–water partition coefficient (Wildman–Crippen LogP) is 2.57. The van der Waals surface area contributed by atoms with Crippen LogP contribution in [-0.2, 0) is 0 Å². The SMILES string of the molecule is CSc1cccc(F)c1[C@@H](C)N. The normalized spacial score (nSPS) is 13.0. The molecule has 3 heteroatoms. The lowest BCUT2D eigenvalue weighted by molar-refractivity contribution is 0.585. The number of hydrogen-bond donors (Lipinski definition) is 1. The third kappa shape index (κ3) is 1.79. The van der Waals surface area contributed by atoms with Crippen LogP contribution in [0.25, 0.3) is 0 Å². The Morgan fingerprint density at radius 2 is 2.17 bits per heavy atom. The molecule has 0 fully saturated rings. The minimum Gasteiger partial charge on any atom is -0.324 e. The maximum Gasteiger partial charge on any atom is 0.129 e. The van der Waals surface area contributed by atoms with Crippen LogP contribution in [0.4, 0.5) is 4.39 Å². The molecule has 66 valence electrons. The first kappa shape index (κ1) is 9.55. The molecule has 0 amide bonds. The first-order valence-corrected chi connectivity index (χ1v) is 4.97. The lowest BCUT2D eigenvalue weighted by atomic mass is 10.1. The van der Waals surface area contributed by atoms with Gasteiger partial charge in [-0.25, -0.2) is 4.39 Å². The first-order valence-electron chi connectivity index (χ1n) is 3.74. The summed E-state index contributed by atoms with van der Waals surface area (Å²) in [5.74, 6) is -0.211. The highest BCUT2D eigenvalue weighted by atomic mass is 32.2. The third-order valence-electron chi connectivity index (χ3n) is 1.69. The van der Waals surface area contributed by atoms with Crippen LogP contribution >= 0.6 is 11.8 Å². The molecule has 1 rings (SSSR count). The Balaban J connectivity index is 3.20. The van der Waals surface area contributed by atoms with Gasteiger partial charge < -0.3 is 5.73 Å². The number of hydrogen-bond acceptors (Lipinski definition) is 2. The lowest BCUT2D eigenvalue weighted by Crippen LogP contribution is -2.08.